The van der Waals surface area contributed by atoms with E-state index in [0.717, 1.165) is 22.0 Å². The number of anilines is 1. The summed E-state index contributed by atoms with van der Waals surface area (Å²) in [6.45, 7) is 3.70. The lowest BCUT2D eigenvalue weighted by Crippen LogP contribution is -2.54. The number of rotatable bonds is 4. The smallest absolute Gasteiger partial charge is 0.335 e. The Hall–Kier alpha value is -4.20. The molecule has 1 aliphatic rings. The Balaban J connectivity index is 1.75. The Morgan fingerprint density at radius 2 is 1.69 bits per heavy atom. The number of halogens is 1. The van der Waals surface area contributed by atoms with Gasteiger partial charge in [0, 0.05) is 23.1 Å². The van der Waals surface area contributed by atoms with Crippen LogP contribution in [-0.2, 0) is 9.59 Å². The second-order valence-electron chi connectivity index (χ2n) is 7.30. The van der Waals surface area contributed by atoms with Gasteiger partial charge >= 0.3 is 6.03 Å². The third-order valence-electron chi connectivity index (χ3n) is 5.27. The molecule has 0 atom stereocenters. The van der Waals surface area contributed by atoms with E-state index in [0.29, 0.717) is 11.3 Å². The van der Waals surface area contributed by atoms with Gasteiger partial charge in [-0.05, 0) is 68.0 Å². The van der Waals surface area contributed by atoms with Crippen LogP contribution < -0.4 is 15.0 Å². The maximum absolute atomic E-state index is 13.3. The van der Waals surface area contributed by atoms with Gasteiger partial charge < -0.3 is 9.30 Å². The summed E-state index contributed by atoms with van der Waals surface area (Å²) in [7, 11) is 1.48. The van der Waals surface area contributed by atoms with Crippen molar-refractivity contribution in [2.45, 2.75) is 13.8 Å². The molecule has 0 spiro atoms. The van der Waals surface area contributed by atoms with Gasteiger partial charge in [-0.1, -0.05) is 6.07 Å². The summed E-state index contributed by atoms with van der Waals surface area (Å²) in [6, 6.07) is 13.4. The van der Waals surface area contributed by atoms with Gasteiger partial charge in [0.25, 0.3) is 11.8 Å². The first kappa shape index (κ1) is 21.0. The zero-order valence-corrected chi connectivity index (χ0v) is 17.7. The molecule has 2 heterocycles. The number of nitrogens with one attached hydrogen (secondary N) is 1. The third-order valence-corrected chi connectivity index (χ3v) is 5.27. The summed E-state index contributed by atoms with van der Waals surface area (Å²) in [6.07, 6.45) is 1.46. The van der Waals surface area contributed by atoms with Crippen LogP contribution >= 0.6 is 0 Å². The van der Waals surface area contributed by atoms with Crippen LogP contribution in [0.4, 0.5) is 14.9 Å². The largest absolute Gasteiger partial charge is 0.497 e. The molecule has 0 unspecified atom stereocenters. The van der Waals surface area contributed by atoms with Crippen molar-refractivity contribution in [3.63, 3.8) is 0 Å². The van der Waals surface area contributed by atoms with E-state index in [1.807, 2.05) is 24.5 Å². The van der Waals surface area contributed by atoms with Crippen LogP contribution in [0.5, 0.6) is 5.75 Å². The second-order valence-corrected chi connectivity index (χ2v) is 7.30. The Bertz CT molecular complexity index is 1270. The molecule has 0 saturated carbocycles. The van der Waals surface area contributed by atoms with Crippen molar-refractivity contribution in [2.75, 3.05) is 12.0 Å². The molecule has 1 saturated heterocycles. The number of hydrogen-bond donors (Lipinski definition) is 1. The fourth-order valence-corrected chi connectivity index (χ4v) is 3.72. The third kappa shape index (κ3) is 3.66. The van der Waals surface area contributed by atoms with Gasteiger partial charge in [0.2, 0.25) is 0 Å². The molecule has 1 fully saturated rings. The molecule has 1 N–H and O–H groups in total. The van der Waals surface area contributed by atoms with E-state index in [9.17, 15) is 18.8 Å². The lowest BCUT2D eigenvalue weighted by molar-refractivity contribution is -0.122. The van der Waals surface area contributed by atoms with Gasteiger partial charge in [-0.15, -0.1) is 0 Å². The molecule has 0 radical (unpaired) electrons. The number of benzene rings is 2. The highest BCUT2D eigenvalue weighted by Crippen LogP contribution is 2.27. The highest BCUT2D eigenvalue weighted by atomic mass is 19.1. The summed E-state index contributed by atoms with van der Waals surface area (Å²) < 4.78 is 20.4. The molecule has 1 aromatic heterocycles. The quantitative estimate of drug-likeness (QED) is 0.500. The van der Waals surface area contributed by atoms with Crippen molar-refractivity contribution < 1.29 is 23.5 Å². The first-order chi connectivity index (χ1) is 15.3. The van der Waals surface area contributed by atoms with Crippen molar-refractivity contribution in [1.82, 2.24) is 9.88 Å². The molecule has 8 heteroatoms. The molecular formula is C24H20FN3O4. The number of methoxy groups -OCH3 is 1. The molecule has 162 valence electrons. The average molecular weight is 433 g/mol. The maximum Gasteiger partial charge on any atom is 0.335 e. The summed E-state index contributed by atoms with van der Waals surface area (Å²) in [5.74, 6) is -1.39. The molecule has 0 aliphatic carbocycles. The van der Waals surface area contributed by atoms with Crippen molar-refractivity contribution in [2.24, 2.45) is 0 Å². The Morgan fingerprint density at radius 3 is 2.38 bits per heavy atom. The van der Waals surface area contributed by atoms with Crippen molar-refractivity contribution in [1.29, 1.82) is 0 Å². The number of carbonyl (C=O) groups is 3. The van der Waals surface area contributed by atoms with E-state index in [2.05, 4.69) is 5.32 Å². The standard InChI is InChI=1S/C24H20FN3O4/c1-14-11-16(15(2)27(14)18-9-7-17(25)8-10-18)12-21-22(29)26-24(31)28(23(21)30)19-5-4-6-20(13-19)32-3/h4-13H,1-3H3,(H,26,29,31). The summed E-state index contributed by atoms with van der Waals surface area (Å²) in [4.78, 5) is 39.0. The number of ether oxygens (including phenoxy) is 1. The zero-order valence-electron chi connectivity index (χ0n) is 17.7. The van der Waals surface area contributed by atoms with Gasteiger partial charge in [0.15, 0.2) is 0 Å². The van der Waals surface area contributed by atoms with Gasteiger partial charge in [-0.3, -0.25) is 14.9 Å². The first-order valence-electron chi connectivity index (χ1n) is 9.80. The lowest BCUT2D eigenvalue weighted by atomic mass is 10.1. The molecule has 32 heavy (non-hydrogen) atoms. The minimum Gasteiger partial charge on any atom is -0.497 e. The number of hydrogen-bond acceptors (Lipinski definition) is 4. The van der Waals surface area contributed by atoms with Gasteiger partial charge in [-0.25, -0.2) is 14.1 Å². The van der Waals surface area contributed by atoms with E-state index in [1.54, 1.807) is 30.3 Å². The summed E-state index contributed by atoms with van der Waals surface area (Å²) in [5.41, 5.74) is 3.08. The number of urea groups is 1. The van der Waals surface area contributed by atoms with E-state index >= 15 is 0 Å². The van der Waals surface area contributed by atoms with Crippen LogP contribution in [0.1, 0.15) is 17.0 Å². The molecule has 4 rings (SSSR count). The zero-order chi connectivity index (χ0) is 23.0. The fourth-order valence-electron chi connectivity index (χ4n) is 3.72. The first-order valence-corrected chi connectivity index (χ1v) is 9.80. The average Bonchev–Trinajstić information content (AvgIpc) is 3.04. The van der Waals surface area contributed by atoms with Crippen LogP contribution in [0.15, 0.2) is 60.2 Å². The fraction of sp³-hybridized carbons (Fsp3) is 0.125. The SMILES string of the molecule is COc1cccc(N2C(=O)NC(=O)C(=Cc3cc(C)n(-c4ccc(F)cc4)c3C)C2=O)c1. The number of barbiturate groups is 1. The van der Waals surface area contributed by atoms with Crippen LogP contribution in [-0.4, -0.2) is 29.5 Å². The van der Waals surface area contributed by atoms with Crippen LogP contribution in [0.3, 0.4) is 0 Å². The number of amides is 4. The van der Waals surface area contributed by atoms with Crippen molar-refractivity contribution in [3.05, 3.63) is 82.9 Å². The van der Waals surface area contributed by atoms with Crippen molar-refractivity contribution in [3.8, 4) is 11.4 Å². The summed E-state index contributed by atoms with van der Waals surface area (Å²) >= 11 is 0. The molecule has 4 amide bonds. The maximum atomic E-state index is 13.3. The van der Waals surface area contributed by atoms with Crippen LogP contribution in [0, 0.1) is 19.7 Å². The normalized spacial score (nSPS) is 15.3. The number of aromatic nitrogens is 1. The van der Waals surface area contributed by atoms with Crippen LogP contribution in [0.25, 0.3) is 11.8 Å². The number of aryl methyl sites for hydroxylation is 1. The monoisotopic (exact) mass is 433 g/mol. The Labute approximate surface area is 183 Å². The van der Waals surface area contributed by atoms with E-state index in [-0.39, 0.29) is 17.1 Å². The van der Waals surface area contributed by atoms with Crippen LogP contribution in [0.2, 0.25) is 0 Å². The molecule has 0 bridgehead atoms. The number of imide groups is 2. The Morgan fingerprint density at radius 1 is 0.969 bits per heavy atom. The van der Waals surface area contributed by atoms with E-state index in [4.69, 9.17) is 4.74 Å². The highest BCUT2D eigenvalue weighted by molar-refractivity contribution is 6.39. The van der Waals surface area contributed by atoms with E-state index < -0.39 is 17.8 Å². The highest BCUT2D eigenvalue weighted by Gasteiger charge is 2.37. The minimum atomic E-state index is -0.831. The number of nitrogens with zero attached hydrogens (tertiary/aromatic N) is 2. The Kier molecular flexibility index (Phi) is 5.36. The predicted molar refractivity (Wildman–Crippen MR) is 117 cm³/mol. The molecule has 3 aromatic rings. The molecule has 2 aromatic carbocycles. The predicted octanol–water partition coefficient (Wildman–Crippen LogP) is 3.91. The van der Waals surface area contributed by atoms with Gasteiger partial charge in [0.1, 0.15) is 17.1 Å². The number of carbonyl (C=O) groups excluding carboxylic acids is 3. The molecule has 1 aliphatic heterocycles. The molecule has 7 nitrogen and oxygen atoms in total. The van der Waals surface area contributed by atoms with Gasteiger partial charge in [-0.2, -0.15) is 0 Å². The second kappa shape index (κ2) is 8.14. The minimum absolute atomic E-state index is 0.174. The van der Waals surface area contributed by atoms with Gasteiger partial charge in [0.05, 0.1) is 12.8 Å². The van der Waals surface area contributed by atoms with E-state index in [1.165, 1.54) is 31.4 Å². The summed E-state index contributed by atoms with van der Waals surface area (Å²) in [5, 5.41) is 2.21. The van der Waals surface area contributed by atoms with Crippen molar-refractivity contribution >= 4 is 29.6 Å². The molecular weight excluding hydrogens is 413 g/mol. The topological polar surface area (TPSA) is 80.6 Å². The lowest BCUT2D eigenvalue weighted by Gasteiger charge is -2.26.